The molecular formula is C14H22ClN3O. The average Bonchev–Trinajstić information content (AvgIpc) is 2.85. The van der Waals surface area contributed by atoms with Gasteiger partial charge in [-0.3, -0.25) is 0 Å². The quantitative estimate of drug-likeness (QED) is 0.777. The van der Waals surface area contributed by atoms with Crippen LogP contribution in [0.15, 0.2) is 6.07 Å². The lowest BCUT2D eigenvalue weighted by Gasteiger charge is -2.28. The van der Waals surface area contributed by atoms with Crippen LogP contribution in [-0.4, -0.2) is 29.2 Å². The van der Waals surface area contributed by atoms with E-state index in [1.807, 2.05) is 13.0 Å². The van der Waals surface area contributed by atoms with Crippen molar-refractivity contribution in [3.05, 3.63) is 17.0 Å². The van der Waals surface area contributed by atoms with E-state index < -0.39 is 0 Å². The molecule has 0 spiro atoms. The molecule has 5 heteroatoms. The smallest absolute Gasteiger partial charge is 0.158 e. The van der Waals surface area contributed by atoms with E-state index in [9.17, 15) is 0 Å². The van der Waals surface area contributed by atoms with Crippen LogP contribution in [0, 0.1) is 5.92 Å². The highest BCUT2D eigenvalue weighted by atomic mass is 35.5. The predicted octanol–water partition coefficient (Wildman–Crippen LogP) is 3.29. The van der Waals surface area contributed by atoms with Crippen molar-refractivity contribution >= 4 is 17.4 Å². The van der Waals surface area contributed by atoms with Crippen LogP contribution in [0.25, 0.3) is 0 Å². The fourth-order valence-electron chi connectivity index (χ4n) is 2.63. The van der Waals surface area contributed by atoms with Crippen molar-refractivity contribution in [2.24, 2.45) is 5.92 Å². The molecule has 1 saturated heterocycles. The molecule has 106 valence electrons. The number of aromatic nitrogens is 2. The SMILES string of the molecule is CCOCc1nc(Cl)cc(N2CCCC2C(C)C)n1. The van der Waals surface area contributed by atoms with E-state index in [1.165, 1.54) is 12.8 Å². The minimum Gasteiger partial charge on any atom is -0.374 e. The molecule has 1 aromatic heterocycles. The second-order valence-electron chi connectivity index (χ2n) is 5.25. The van der Waals surface area contributed by atoms with Gasteiger partial charge in [-0.2, -0.15) is 0 Å². The second kappa shape index (κ2) is 6.53. The lowest BCUT2D eigenvalue weighted by Crippen LogP contribution is -2.34. The zero-order chi connectivity index (χ0) is 13.8. The van der Waals surface area contributed by atoms with E-state index in [4.69, 9.17) is 16.3 Å². The summed E-state index contributed by atoms with van der Waals surface area (Å²) in [4.78, 5) is 11.2. The average molecular weight is 284 g/mol. The van der Waals surface area contributed by atoms with Gasteiger partial charge in [0.05, 0.1) is 0 Å². The van der Waals surface area contributed by atoms with Crippen LogP contribution in [0.2, 0.25) is 5.15 Å². The van der Waals surface area contributed by atoms with Crippen molar-refractivity contribution in [3.8, 4) is 0 Å². The van der Waals surface area contributed by atoms with Crippen molar-refractivity contribution in [1.29, 1.82) is 0 Å². The van der Waals surface area contributed by atoms with E-state index in [0.29, 0.717) is 36.2 Å². The largest absolute Gasteiger partial charge is 0.374 e. The Balaban J connectivity index is 2.21. The van der Waals surface area contributed by atoms with Gasteiger partial charge in [0.2, 0.25) is 0 Å². The van der Waals surface area contributed by atoms with Gasteiger partial charge in [0.15, 0.2) is 5.82 Å². The van der Waals surface area contributed by atoms with Crippen LogP contribution in [-0.2, 0) is 11.3 Å². The number of halogens is 1. The van der Waals surface area contributed by atoms with Crippen LogP contribution in [0.1, 0.15) is 39.4 Å². The van der Waals surface area contributed by atoms with Gasteiger partial charge in [-0.15, -0.1) is 0 Å². The summed E-state index contributed by atoms with van der Waals surface area (Å²) in [5.41, 5.74) is 0. The zero-order valence-corrected chi connectivity index (χ0v) is 12.7. The highest BCUT2D eigenvalue weighted by molar-refractivity contribution is 6.29. The van der Waals surface area contributed by atoms with Gasteiger partial charge < -0.3 is 9.64 Å². The Morgan fingerprint density at radius 1 is 1.47 bits per heavy atom. The van der Waals surface area contributed by atoms with Crippen LogP contribution in [0.5, 0.6) is 0 Å². The summed E-state index contributed by atoms with van der Waals surface area (Å²) >= 11 is 6.10. The standard InChI is InChI=1S/C14H22ClN3O/c1-4-19-9-13-16-12(15)8-14(17-13)18-7-5-6-11(18)10(2)3/h8,10-11H,4-7,9H2,1-3H3. The van der Waals surface area contributed by atoms with Crippen molar-refractivity contribution in [1.82, 2.24) is 9.97 Å². The summed E-state index contributed by atoms with van der Waals surface area (Å²) in [6.45, 7) is 8.60. The van der Waals surface area contributed by atoms with Crippen LogP contribution < -0.4 is 4.90 Å². The Morgan fingerprint density at radius 3 is 2.95 bits per heavy atom. The molecule has 0 aliphatic carbocycles. The molecular weight excluding hydrogens is 262 g/mol. The minimum atomic E-state index is 0.421. The van der Waals surface area contributed by atoms with Gasteiger partial charge >= 0.3 is 0 Å². The summed E-state index contributed by atoms with van der Waals surface area (Å²) in [5, 5.41) is 0.495. The highest BCUT2D eigenvalue weighted by Gasteiger charge is 2.28. The number of anilines is 1. The zero-order valence-electron chi connectivity index (χ0n) is 11.9. The van der Waals surface area contributed by atoms with Gasteiger partial charge in [0.25, 0.3) is 0 Å². The third kappa shape index (κ3) is 3.57. The number of hydrogen-bond acceptors (Lipinski definition) is 4. The van der Waals surface area contributed by atoms with E-state index >= 15 is 0 Å². The molecule has 1 aliphatic heterocycles. The highest BCUT2D eigenvalue weighted by Crippen LogP contribution is 2.29. The van der Waals surface area contributed by atoms with E-state index in [2.05, 4.69) is 28.7 Å². The Kier molecular flexibility index (Phi) is 4.99. The molecule has 0 bridgehead atoms. The monoisotopic (exact) mass is 283 g/mol. The van der Waals surface area contributed by atoms with Crippen LogP contribution in [0.3, 0.4) is 0 Å². The molecule has 4 nitrogen and oxygen atoms in total. The Labute approximate surface area is 120 Å². The Hall–Kier alpha value is -0.870. The number of hydrogen-bond donors (Lipinski definition) is 0. The predicted molar refractivity (Wildman–Crippen MR) is 77.6 cm³/mol. The summed E-state index contributed by atoms with van der Waals surface area (Å²) in [5.74, 6) is 2.22. The first-order valence-electron chi connectivity index (χ1n) is 6.99. The third-order valence-electron chi connectivity index (χ3n) is 3.53. The molecule has 0 amide bonds. The molecule has 0 radical (unpaired) electrons. The van der Waals surface area contributed by atoms with Crippen molar-refractivity contribution in [2.45, 2.75) is 46.3 Å². The van der Waals surface area contributed by atoms with Gasteiger partial charge in [-0.05, 0) is 25.7 Å². The number of rotatable bonds is 5. The molecule has 2 rings (SSSR count). The van der Waals surface area contributed by atoms with Gasteiger partial charge in [0, 0.05) is 25.3 Å². The van der Waals surface area contributed by atoms with Gasteiger partial charge in [0.1, 0.15) is 17.6 Å². The van der Waals surface area contributed by atoms with Crippen molar-refractivity contribution in [2.75, 3.05) is 18.1 Å². The Bertz CT molecular complexity index is 425. The molecule has 1 unspecified atom stereocenters. The molecule has 0 N–H and O–H groups in total. The topological polar surface area (TPSA) is 38.2 Å². The third-order valence-corrected chi connectivity index (χ3v) is 3.72. The first kappa shape index (κ1) is 14.5. The second-order valence-corrected chi connectivity index (χ2v) is 5.64. The van der Waals surface area contributed by atoms with Gasteiger partial charge in [-0.1, -0.05) is 25.4 Å². The maximum atomic E-state index is 6.10. The van der Waals surface area contributed by atoms with Crippen molar-refractivity contribution in [3.63, 3.8) is 0 Å². The first-order valence-corrected chi connectivity index (χ1v) is 7.37. The lowest BCUT2D eigenvalue weighted by atomic mass is 10.0. The van der Waals surface area contributed by atoms with Crippen LogP contribution >= 0.6 is 11.6 Å². The molecule has 1 atom stereocenters. The maximum absolute atomic E-state index is 6.10. The Morgan fingerprint density at radius 2 is 2.26 bits per heavy atom. The minimum absolute atomic E-state index is 0.421. The van der Waals surface area contributed by atoms with Gasteiger partial charge in [-0.25, -0.2) is 9.97 Å². The number of nitrogens with zero attached hydrogens (tertiary/aromatic N) is 3. The fraction of sp³-hybridized carbons (Fsp3) is 0.714. The lowest BCUT2D eigenvalue weighted by molar-refractivity contribution is 0.128. The normalized spacial score (nSPS) is 19.4. The fourth-order valence-corrected chi connectivity index (χ4v) is 2.82. The molecule has 1 aliphatic rings. The molecule has 19 heavy (non-hydrogen) atoms. The first-order chi connectivity index (χ1) is 9.11. The molecule has 2 heterocycles. The van der Waals surface area contributed by atoms with Crippen LogP contribution in [0.4, 0.5) is 5.82 Å². The summed E-state index contributed by atoms with van der Waals surface area (Å²) in [6.07, 6.45) is 2.44. The van der Waals surface area contributed by atoms with Crippen molar-refractivity contribution < 1.29 is 4.74 Å². The summed E-state index contributed by atoms with van der Waals surface area (Å²) in [7, 11) is 0. The molecule has 0 saturated carbocycles. The molecule has 1 aromatic rings. The summed E-state index contributed by atoms with van der Waals surface area (Å²) < 4.78 is 5.36. The van der Waals surface area contributed by atoms with E-state index in [1.54, 1.807) is 0 Å². The van der Waals surface area contributed by atoms with E-state index in [0.717, 1.165) is 12.4 Å². The molecule has 1 fully saturated rings. The number of ether oxygens (including phenoxy) is 1. The maximum Gasteiger partial charge on any atom is 0.158 e. The summed E-state index contributed by atoms with van der Waals surface area (Å²) in [6, 6.07) is 2.41. The van der Waals surface area contributed by atoms with E-state index in [-0.39, 0.29) is 0 Å². The molecule has 0 aromatic carbocycles.